The highest BCUT2D eigenvalue weighted by Gasteiger charge is 2.51. The van der Waals surface area contributed by atoms with Crippen LogP contribution in [0.2, 0.25) is 0 Å². The number of nitrogens with zero attached hydrogens (tertiary/aromatic N) is 3. The zero-order valence-electron chi connectivity index (χ0n) is 30.1. The maximum Gasteiger partial charge on any atom is 0.164 e. The molecule has 56 heavy (non-hydrogen) atoms. The van der Waals surface area contributed by atoms with E-state index in [0.29, 0.717) is 17.5 Å². The van der Waals surface area contributed by atoms with Crippen LogP contribution in [0.15, 0.2) is 188 Å². The van der Waals surface area contributed by atoms with Gasteiger partial charge in [0, 0.05) is 36.9 Å². The van der Waals surface area contributed by atoms with Crippen LogP contribution in [0, 0.1) is 0 Å². The van der Waals surface area contributed by atoms with Gasteiger partial charge in [0.15, 0.2) is 17.5 Å². The van der Waals surface area contributed by atoms with Crippen molar-refractivity contribution in [2.75, 3.05) is 0 Å². The Morgan fingerprint density at radius 3 is 1.52 bits per heavy atom. The first kappa shape index (κ1) is 31.4. The van der Waals surface area contributed by atoms with E-state index in [-0.39, 0.29) is 5.41 Å². The van der Waals surface area contributed by atoms with Crippen molar-refractivity contribution in [2.24, 2.45) is 0 Å². The van der Waals surface area contributed by atoms with E-state index in [0.717, 1.165) is 27.8 Å². The largest absolute Gasteiger partial charge is 0.208 e. The van der Waals surface area contributed by atoms with E-state index in [1.54, 1.807) is 0 Å². The Morgan fingerprint density at radius 2 is 0.804 bits per heavy atom. The molecule has 0 saturated heterocycles. The highest BCUT2D eigenvalue weighted by molar-refractivity contribution is 7.25. The summed E-state index contributed by atoms with van der Waals surface area (Å²) in [6.45, 7) is 0. The van der Waals surface area contributed by atoms with Crippen LogP contribution >= 0.6 is 11.3 Å². The van der Waals surface area contributed by atoms with Crippen molar-refractivity contribution in [2.45, 2.75) is 5.41 Å². The number of thiophene rings is 1. The maximum atomic E-state index is 5.25. The summed E-state index contributed by atoms with van der Waals surface area (Å²) in [7, 11) is 0. The van der Waals surface area contributed by atoms with Gasteiger partial charge in [0.2, 0.25) is 0 Å². The predicted molar refractivity (Wildman–Crippen MR) is 231 cm³/mol. The van der Waals surface area contributed by atoms with Gasteiger partial charge in [0.05, 0.1) is 5.41 Å². The van der Waals surface area contributed by atoms with Crippen molar-refractivity contribution in [1.82, 2.24) is 15.0 Å². The summed E-state index contributed by atoms with van der Waals surface area (Å²) >= 11 is 1.82. The fourth-order valence-corrected chi connectivity index (χ4v) is 10.5. The zero-order valence-corrected chi connectivity index (χ0v) is 31.0. The summed E-state index contributed by atoms with van der Waals surface area (Å²) in [5.74, 6) is 1.96. The molecule has 0 N–H and O–H groups in total. The van der Waals surface area contributed by atoms with Crippen molar-refractivity contribution in [3.63, 3.8) is 0 Å². The van der Waals surface area contributed by atoms with E-state index in [2.05, 4.69) is 170 Å². The maximum absolute atomic E-state index is 5.25. The molecule has 2 aliphatic rings. The molecule has 0 amide bonds. The lowest BCUT2D eigenvalue weighted by Gasteiger charge is -2.30. The van der Waals surface area contributed by atoms with Crippen molar-refractivity contribution < 1.29 is 0 Å². The van der Waals surface area contributed by atoms with E-state index >= 15 is 0 Å². The van der Waals surface area contributed by atoms with Crippen LogP contribution in [0.3, 0.4) is 0 Å². The molecular weight excluding hydrogens is 699 g/mol. The normalized spacial score (nSPS) is 13.1. The van der Waals surface area contributed by atoms with E-state index in [4.69, 9.17) is 15.0 Å². The third-order valence-corrected chi connectivity index (χ3v) is 12.9. The number of fused-ring (bicyclic) bond motifs is 13. The van der Waals surface area contributed by atoms with Crippen LogP contribution in [-0.2, 0) is 5.41 Å². The van der Waals surface area contributed by atoms with Gasteiger partial charge in [0.25, 0.3) is 0 Å². The molecule has 0 saturated carbocycles. The summed E-state index contributed by atoms with van der Waals surface area (Å²) in [4.78, 5) is 15.5. The lowest BCUT2D eigenvalue weighted by molar-refractivity contribution is 0.794. The lowest BCUT2D eigenvalue weighted by atomic mass is 9.70. The number of benzene rings is 8. The van der Waals surface area contributed by atoms with Crippen LogP contribution in [0.5, 0.6) is 0 Å². The Hall–Kier alpha value is -7.01. The third kappa shape index (κ3) is 4.42. The fraction of sp³-hybridized carbons (Fsp3) is 0.0192. The number of hydrogen-bond donors (Lipinski definition) is 0. The van der Waals surface area contributed by atoms with Crippen molar-refractivity contribution in [1.29, 1.82) is 0 Å². The topological polar surface area (TPSA) is 38.7 Å². The average Bonchev–Trinajstić information content (AvgIpc) is 3.90. The Kier molecular flexibility index (Phi) is 6.72. The van der Waals surface area contributed by atoms with Crippen LogP contribution in [0.25, 0.3) is 87.7 Å². The Morgan fingerprint density at radius 1 is 0.304 bits per heavy atom. The van der Waals surface area contributed by atoms with E-state index < -0.39 is 0 Å². The minimum absolute atomic E-state index is 0.375. The van der Waals surface area contributed by atoms with Crippen LogP contribution < -0.4 is 0 Å². The Bertz CT molecular complexity index is 3170. The molecular formula is C52H31N3S. The van der Waals surface area contributed by atoms with Gasteiger partial charge in [-0.05, 0) is 86.0 Å². The van der Waals surface area contributed by atoms with Crippen LogP contribution in [0.4, 0.5) is 0 Å². The molecule has 0 unspecified atom stereocenters. The Labute approximate surface area is 328 Å². The summed E-state index contributed by atoms with van der Waals surface area (Å²) in [5, 5.41) is 2.47. The number of aromatic nitrogens is 3. The quantitative estimate of drug-likeness (QED) is 0.181. The molecule has 0 fully saturated rings. The number of rotatable bonds is 4. The minimum Gasteiger partial charge on any atom is -0.208 e. The molecule has 0 radical (unpaired) electrons. The van der Waals surface area contributed by atoms with E-state index in [1.807, 2.05) is 29.5 Å². The van der Waals surface area contributed by atoms with Gasteiger partial charge in [-0.15, -0.1) is 11.3 Å². The van der Waals surface area contributed by atoms with E-state index in [9.17, 15) is 0 Å². The van der Waals surface area contributed by atoms with E-state index in [1.165, 1.54) is 64.7 Å². The first-order chi connectivity index (χ1) is 27.8. The predicted octanol–water partition coefficient (Wildman–Crippen LogP) is 13.3. The lowest BCUT2D eigenvalue weighted by Crippen LogP contribution is -2.25. The summed E-state index contributed by atoms with van der Waals surface area (Å²) in [6, 6.07) is 67.9. The molecule has 4 heteroatoms. The molecule has 2 aromatic heterocycles. The van der Waals surface area contributed by atoms with Gasteiger partial charge in [-0.1, -0.05) is 158 Å². The molecule has 2 aliphatic carbocycles. The Balaban J connectivity index is 1.05. The smallest absolute Gasteiger partial charge is 0.164 e. The zero-order chi connectivity index (χ0) is 36.8. The second-order valence-electron chi connectivity index (χ2n) is 14.7. The van der Waals surface area contributed by atoms with Gasteiger partial charge in [-0.25, -0.2) is 15.0 Å². The fourth-order valence-electron chi connectivity index (χ4n) is 9.40. The summed E-state index contributed by atoms with van der Waals surface area (Å²) in [5.41, 5.74) is 15.2. The summed E-state index contributed by atoms with van der Waals surface area (Å²) in [6.07, 6.45) is 0. The SMILES string of the molecule is c1ccc(-c2nc(-c3ccc4sc5ccccc5c4c3)nc(-c3ccccc3-c3ccc4c(c3)-c3ccccc3C43c4ccccc4-c4ccccc43)n2)cc1. The van der Waals surface area contributed by atoms with Crippen molar-refractivity contribution in [3.8, 4) is 67.5 Å². The molecule has 260 valence electrons. The molecule has 2 heterocycles. The van der Waals surface area contributed by atoms with Gasteiger partial charge in [-0.2, -0.15) is 0 Å². The van der Waals surface area contributed by atoms with Crippen molar-refractivity contribution >= 4 is 31.5 Å². The molecule has 1 spiro atoms. The summed E-state index contributed by atoms with van der Waals surface area (Å²) < 4.78 is 2.53. The molecule has 12 rings (SSSR count). The van der Waals surface area contributed by atoms with Crippen LogP contribution in [0.1, 0.15) is 22.3 Å². The molecule has 0 aliphatic heterocycles. The van der Waals surface area contributed by atoms with Gasteiger partial charge < -0.3 is 0 Å². The highest BCUT2D eigenvalue weighted by atomic mass is 32.1. The minimum atomic E-state index is -0.375. The first-order valence-electron chi connectivity index (χ1n) is 19.0. The van der Waals surface area contributed by atoms with Gasteiger partial charge in [-0.3, -0.25) is 0 Å². The number of hydrogen-bond acceptors (Lipinski definition) is 4. The molecule has 3 nitrogen and oxygen atoms in total. The van der Waals surface area contributed by atoms with Crippen molar-refractivity contribution in [3.05, 3.63) is 210 Å². The van der Waals surface area contributed by atoms with Crippen LogP contribution in [-0.4, -0.2) is 15.0 Å². The molecule has 8 aromatic carbocycles. The molecule has 0 atom stereocenters. The molecule has 10 aromatic rings. The third-order valence-electron chi connectivity index (χ3n) is 11.8. The second-order valence-corrected chi connectivity index (χ2v) is 15.8. The standard InChI is InChI=1S/C52H31N3S/c1-2-14-32(15-3-1)49-53-50(34-27-29-48-42(31-34)39-20-9-13-25-47(39)56-48)55-51(54-49)40-21-5-4-16-35(40)33-26-28-46-41(30-33)38-19-8-12-24-45(38)52(46)43-22-10-6-17-36(43)37-18-7-11-23-44(37)52/h1-31H. The highest BCUT2D eigenvalue weighted by Crippen LogP contribution is 2.63. The average molecular weight is 730 g/mol. The van der Waals surface area contributed by atoms with Gasteiger partial charge in [0.1, 0.15) is 0 Å². The first-order valence-corrected chi connectivity index (χ1v) is 19.8. The van der Waals surface area contributed by atoms with Gasteiger partial charge >= 0.3 is 0 Å². The monoisotopic (exact) mass is 729 g/mol. The molecule has 0 bridgehead atoms. The second kappa shape index (κ2) is 12.0.